The molecule has 4 rings (SSSR count). The largest absolute Gasteiger partial charge is 0.399 e. The molecule has 0 spiro atoms. The van der Waals surface area contributed by atoms with E-state index in [9.17, 15) is 4.79 Å². The van der Waals surface area contributed by atoms with Crippen LogP contribution in [0.3, 0.4) is 0 Å². The summed E-state index contributed by atoms with van der Waals surface area (Å²) in [5.41, 5.74) is 16.7. The summed E-state index contributed by atoms with van der Waals surface area (Å²) < 4.78 is 2.13. The van der Waals surface area contributed by atoms with E-state index in [1.54, 1.807) is 37.6 Å². The molecule has 0 bridgehead atoms. The van der Waals surface area contributed by atoms with E-state index in [-0.39, 0.29) is 17.4 Å². The highest BCUT2D eigenvalue weighted by Crippen LogP contribution is 2.35. The highest BCUT2D eigenvalue weighted by atomic mass is 16.1. The molecule has 8 nitrogen and oxygen atoms in total. The first-order chi connectivity index (χ1) is 14.7. The zero-order chi connectivity index (χ0) is 22.3. The quantitative estimate of drug-likeness (QED) is 0.440. The summed E-state index contributed by atoms with van der Waals surface area (Å²) in [5.74, 6) is 0.717. The third-order valence-corrected chi connectivity index (χ3v) is 5.09. The minimum atomic E-state index is -0.291. The Hall–Kier alpha value is -3.94. The number of anilines is 2. The molecule has 2 heterocycles. The van der Waals surface area contributed by atoms with E-state index in [4.69, 9.17) is 16.5 Å². The Labute approximate surface area is 180 Å². The number of imidazole rings is 1. The summed E-state index contributed by atoms with van der Waals surface area (Å²) in [6.07, 6.45) is 3.37. The summed E-state index contributed by atoms with van der Waals surface area (Å²) >= 11 is 0. The molecule has 0 saturated carbocycles. The van der Waals surface area contributed by atoms with Gasteiger partial charge in [-0.15, -0.1) is 0 Å². The minimum Gasteiger partial charge on any atom is -0.399 e. The molecule has 0 saturated heterocycles. The van der Waals surface area contributed by atoms with Crippen LogP contribution in [0.2, 0.25) is 0 Å². The zero-order valence-electron chi connectivity index (χ0n) is 18.0. The second-order valence-electron chi connectivity index (χ2n) is 8.36. The van der Waals surface area contributed by atoms with Crippen molar-refractivity contribution in [3.8, 4) is 22.5 Å². The molecule has 2 aromatic carbocycles. The molecule has 0 unspecified atom stereocenters. The lowest BCUT2D eigenvalue weighted by Crippen LogP contribution is -2.24. The first-order valence-corrected chi connectivity index (χ1v) is 9.92. The van der Waals surface area contributed by atoms with Gasteiger partial charge >= 0.3 is 0 Å². The monoisotopic (exact) mass is 415 g/mol. The average Bonchev–Trinajstić information content (AvgIpc) is 3.12. The summed E-state index contributed by atoms with van der Waals surface area (Å²) in [5, 5.41) is 2.70. The van der Waals surface area contributed by atoms with E-state index < -0.39 is 0 Å². The molecule has 0 aliphatic carbocycles. The Bertz CT molecular complexity index is 1280. The van der Waals surface area contributed by atoms with Crippen LogP contribution in [0.4, 0.5) is 11.6 Å². The third-order valence-electron chi connectivity index (χ3n) is 5.09. The Morgan fingerprint density at radius 3 is 2.35 bits per heavy atom. The fraction of sp³-hybridized carbons (Fsp3) is 0.217. The van der Waals surface area contributed by atoms with Crippen LogP contribution in [0.25, 0.3) is 33.5 Å². The molecule has 0 radical (unpaired) electrons. The molecular formula is C23H25N7O. The Morgan fingerprint density at radius 2 is 1.71 bits per heavy atom. The maximum absolute atomic E-state index is 12.5. The number of benzene rings is 2. The number of fused-ring (bicyclic) bond motifs is 1. The maximum atomic E-state index is 12.5. The number of nitrogens with two attached hydrogens (primary N) is 2. The summed E-state index contributed by atoms with van der Waals surface area (Å²) in [6, 6.07) is 11.3. The molecular weight excluding hydrogens is 390 g/mol. The van der Waals surface area contributed by atoms with Crippen molar-refractivity contribution in [1.29, 1.82) is 0 Å². The molecule has 5 N–H and O–H groups in total. The molecule has 0 fully saturated rings. The van der Waals surface area contributed by atoms with Gasteiger partial charge in [0.1, 0.15) is 5.82 Å². The SMILES string of the molecule is CNC(=O)c1ccc(N)cc1-c1nc2cc(-c3cnc(N)nc3)ccc2n1C(C)(C)C. The molecule has 0 atom stereocenters. The number of carbonyl (C=O) groups excluding carboxylic acids is 1. The van der Waals surface area contributed by atoms with Crippen LogP contribution in [0, 0.1) is 0 Å². The second-order valence-corrected chi connectivity index (χ2v) is 8.36. The number of carbonyl (C=O) groups is 1. The molecule has 2 aromatic heterocycles. The van der Waals surface area contributed by atoms with Gasteiger partial charge in [-0.1, -0.05) is 6.07 Å². The minimum absolute atomic E-state index is 0.192. The molecule has 31 heavy (non-hydrogen) atoms. The van der Waals surface area contributed by atoms with Crippen molar-refractivity contribution >= 4 is 28.6 Å². The summed E-state index contributed by atoms with van der Waals surface area (Å²) in [7, 11) is 1.61. The highest BCUT2D eigenvalue weighted by molar-refractivity contribution is 6.01. The smallest absolute Gasteiger partial charge is 0.251 e. The van der Waals surface area contributed by atoms with Crippen molar-refractivity contribution in [1.82, 2.24) is 24.8 Å². The van der Waals surface area contributed by atoms with Crippen molar-refractivity contribution in [2.24, 2.45) is 0 Å². The van der Waals surface area contributed by atoms with Crippen molar-refractivity contribution < 1.29 is 4.79 Å². The van der Waals surface area contributed by atoms with E-state index >= 15 is 0 Å². The van der Waals surface area contributed by atoms with Crippen LogP contribution >= 0.6 is 0 Å². The number of hydrogen-bond donors (Lipinski definition) is 3. The lowest BCUT2D eigenvalue weighted by atomic mass is 10.0. The Kier molecular flexibility index (Phi) is 4.85. The molecule has 158 valence electrons. The first kappa shape index (κ1) is 20.3. The number of aromatic nitrogens is 4. The van der Waals surface area contributed by atoms with Crippen LogP contribution < -0.4 is 16.8 Å². The van der Waals surface area contributed by atoms with Crippen molar-refractivity contribution in [3.05, 3.63) is 54.4 Å². The van der Waals surface area contributed by atoms with Gasteiger partial charge in [0.2, 0.25) is 5.95 Å². The molecule has 0 aliphatic rings. The van der Waals surface area contributed by atoms with Gasteiger partial charge in [-0.3, -0.25) is 4.79 Å². The standard InChI is InChI=1S/C23H25N7O/c1-23(2,3)30-19-8-5-13(14-11-27-22(25)28-12-14)9-18(19)29-20(30)17-10-15(24)6-7-16(17)21(31)26-4/h5-12H,24H2,1-4H3,(H,26,31)(H2,25,27,28). The summed E-state index contributed by atoms with van der Waals surface area (Å²) in [6.45, 7) is 6.31. The van der Waals surface area contributed by atoms with Crippen LogP contribution in [0.1, 0.15) is 31.1 Å². The average molecular weight is 416 g/mol. The molecule has 8 heteroatoms. The third kappa shape index (κ3) is 3.68. The van der Waals surface area contributed by atoms with Crippen LogP contribution in [0.5, 0.6) is 0 Å². The molecule has 0 aliphatic heterocycles. The number of hydrogen-bond acceptors (Lipinski definition) is 6. The van der Waals surface area contributed by atoms with Gasteiger partial charge in [-0.25, -0.2) is 15.0 Å². The maximum Gasteiger partial charge on any atom is 0.251 e. The van der Waals surface area contributed by atoms with E-state index in [0.717, 1.165) is 22.2 Å². The first-order valence-electron chi connectivity index (χ1n) is 9.92. The van der Waals surface area contributed by atoms with Gasteiger partial charge in [0.25, 0.3) is 5.91 Å². The van der Waals surface area contributed by atoms with Crippen molar-refractivity contribution in [2.75, 3.05) is 18.5 Å². The number of rotatable bonds is 3. The van der Waals surface area contributed by atoms with Gasteiger partial charge in [-0.2, -0.15) is 0 Å². The van der Waals surface area contributed by atoms with E-state index in [2.05, 4.69) is 40.6 Å². The number of nitrogens with zero attached hydrogens (tertiary/aromatic N) is 4. The van der Waals surface area contributed by atoms with Gasteiger partial charge < -0.3 is 21.4 Å². The van der Waals surface area contributed by atoms with Gasteiger partial charge in [0.15, 0.2) is 0 Å². The lowest BCUT2D eigenvalue weighted by molar-refractivity contribution is 0.0963. The second kappa shape index (κ2) is 7.39. The lowest BCUT2D eigenvalue weighted by Gasteiger charge is -2.25. The highest BCUT2D eigenvalue weighted by Gasteiger charge is 2.25. The van der Waals surface area contributed by atoms with Crippen molar-refractivity contribution in [2.45, 2.75) is 26.3 Å². The number of nitrogen functional groups attached to an aromatic ring is 2. The van der Waals surface area contributed by atoms with E-state index in [1.807, 2.05) is 18.2 Å². The Morgan fingerprint density at radius 1 is 1.00 bits per heavy atom. The fourth-order valence-electron chi connectivity index (χ4n) is 3.69. The molecule has 1 amide bonds. The van der Waals surface area contributed by atoms with Crippen LogP contribution in [-0.4, -0.2) is 32.5 Å². The normalized spacial score (nSPS) is 11.6. The number of nitrogens with one attached hydrogen (secondary N) is 1. The van der Waals surface area contributed by atoms with E-state index in [0.29, 0.717) is 22.6 Å². The zero-order valence-corrected chi connectivity index (χ0v) is 18.0. The van der Waals surface area contributed by atoms with Crippen LogP contribution in [0.15, 0.2) is 48.8 Å². The predicted octanol–water partition coefficient (Wildman–Crippen LogP) is 3.44. The predicted molar refractivity (Wildman–Crippen MR) is 123 cm³/mol. The van der Waals surface area contributed by atoms with Gasteiger partial charge in [-0.05, 0) is 56.7 Å². The van der Waals surface area contributed by atoms with Crippen LogP contribution in [-0.2, 0) is 5.54 Å². The summed E-state index contributed by atoms with van der Waals surface area (Å²) in [4.78, 5) is 25.6. The number of amides is 1. The van der Waals surface area contributed by atoms with Gasteiger partial charge in [0, 0.05) is 41.8 Å². The van der Waals surface area contributed by atoms with Crippen molar-refractivity contribution in [3.63, 3.8) is 0 Å². The van der Waals surface area contributed by atoms with Gasteiger partial charge in [0.05, 0.1) is 16.6 Å². The Balaban J connectivity index is 1.99. The molecule has 4 aromatic rings. The fourth-order valence-corrected chi connectivity index (χ4v) is 3.69. The topological polar surface area (TPSA) is 125 Å². The van der Waals surface area contributed by atoms with E-state index in [1.165, 1.54) is 0 Å².